The Hall–Kier alpha value is -3.21. The lowest BCUT2D eigenvalue weighted by molar-refractivity contribution is -0.122. The van der Waals surface area contributed by atoms with Crippen LogP contribution in [0.4, 0.5) is 14.9 Å². The molecule has 0 aromatic heterocycles. The Morgan fingerprint density at radius 1 is 0.917 bits per heavy atom. The molecule has 0 radical (unpaired) electrons. The highest BCUT2D eigenvalue weighted by atomic mass is 19.1. The highest BCUT2D eigenvalue weighted by molar-refractivity contribution is 6.19. The number of carbonyl (C=O) groups is 2. The van der Waals surface area contributed by atoms with Crippen molar-refractivity contribution in [2.75, 3.05) is 4.90 Å². The first-order valence-electron chi connectivity index (χ1n) is 7.43. The van der Waals surface area contributed by atoms with Gasteiger partial charge in [-0.05, 0) is 29.0 Å². The molecule has 1 aliphatic heterocycles. The number of hydrogen-bond donors (Lipinski definition) is 0. The van der Waals surface area contributed by atoms with Crippen LogP contribution in [0.1, 0.15) is 11.7 Å². The van der Waals surface area contributed by atoms with Crippen molar-refractivity contribution < 1.29 is 18.7 Å². The quantitative estimate of drug-likeness (QED) is 0.710. The summed E-state index contributed by atoms with van der Waals surface area (Å²) in [6, 6.07) is 18.3. The van der Waals surface area contributed by atoms with E-state index in [0.717, 1.165) is 21.7 Å². The largest absolute Gasteiger partial charge is 0.430 e. The van der Waals surface area contributed by atoms with Crippen LogP contribution in [0.5, 0.6) is 0 Å². The van der Waals surface area contributed by atoms with E-state index in [-0.39, 0.29) is 5.69 Å². The molecule has 5 heteroatoms. The second-order valence-corrected chi connectivity index (χ2v) is 5.49. The lowest BCUT2D eigenvalue weighted by Gasteiger charge is -2.12. The minimum atomic E-state index is -1.04. The van der Waals surface area contributed by atoms with Crippen molar-refractivity contribution in [1.29, 1.82) is 0 Å². The van der Waals surface area contributed by atoms with Crippen LogP contribution in [0, 0.1) is 5.82 Å². The maximum atomic E-state index is 13.4. The Morgan fingerprint density at radius 2 is 1.67 bits per heavy atom. The van der Waals surface area contributed by atoms with E-state index >= 15 is 0 Å². The molecule has 2 amide bonds. The number of carbonyl (C=O) groups excluding carboxylic acids is 2. The van der Waals surface area contributed by atoms with Crippen LogP contribution in [0.15, 0.2) is 66.7 Å². The molecule has 4 nitrogen and oxygen atoms in total. The zero-order valence-corrected chi connectivity index (χ0v) is 12.5. The zero-order valence-electron chi connectivity index (χ0n) is 12.5. The summed E-state index contributed by atoms with van der Waals surface area (Å²) >= 11 is 0. The number of cyclic esters (lactones) is 1. The third kappa shape index (κ3) is 2.22. The average molecular weight is 321 g/mol. The number of rotatable bonds is 2. The van der Waals surface area contributed by atoms with E-state index in [1.165, 1.54) is 18.2 Å². The molecule has 0 N–H and O–H groups in total. The number of ether oxygens (including phenoxy) is 1. The first kappa shape index (κ1) is 14.4. The molecule has 3 aromatic carbocycles. The van der Waals surface area contributed by atoms with E-state index in [1.54, 1.807) is 6.07 Å². The molecule has 0 bridgehead atoms. The first-order chi connectivity index (χ1) is 11.6. The highest BCUT2D eigenvalue weighted by Crippen LogP contribution is 2.35. The molecule has 0 aliphatic carbocycles. The van der Waals surface area contributed by atoms with Gasteiger partial charge >= 0.3 is 6.09 Å². The van der Waals surface area contributed by atoms with Crippen LogP contribution < -0.4 is 4.90 Å². The molecule has 4 rings (SSSR count). The molecular formula is C19H12FNO3. The second-order valence-electron chi connectivity index (χ2n) is 5.49. The molecule has 1 aliphatic rings. The van der Waals surface area contributed by atoms with Gasteiger partial charge in [0, 0.05) is 5.56 Å². The van der Waals surface area contributed by atoms with E-state index in [0.29, 0.717) is 5.56 Å². The topological polar surface area (TPSA) is 46.6 Å². The van der Waals surface area contributed by atoms with Crippen molar-refractivity contribution in [2.24, 2.45) is 0 Å². The van der Waals surface area contributed by atoms with Gasteiger partial charge in [0.05, 0.1) is 5.69 Å². The number of hydrogen-bond acceptors (Lipinski definition) is 3. The van der Waals surface area contributed by atoms with Gasteiger partial charge < -0.3 is 4.74 Å². The van der Waals surface area contributed by atoms with Gasteiger partial charge in [-0.25, -0.2) is 14.1 Å². The number of fused-ring (bicyclic) bond motifs is 1. The minimum Gasteiger partial charge on any atom is -0.430 e. The molecule has 1 saturated heterocycles. The van der Waals surface area contributed by atoms with Gasteiger partial charge in [-0.2, -0.15) is 0 Å². The van der Waals surface area contributed by atoms with E-state index in [9.17, 15) is 14.0 Å². The summed E-state index contributed by atoms with van der Waals surface area (Å²) in [7, 11) is 0. The normalized spacial score (nSPS) is 17.4. The fraction of sp³-hybridized carbons (Fsp3) is 0.0526. The Bertz CT molecular complexity index is 964. The van der Waals surface area contributed by atoms with E-state index in [4.69, 9.17) is 4.74 Å². The molecule has 1 unspecified atom stereocenters. The Kier molecular flexibility index (Phi) is 3.27. The van der Waals surface area contributed by atoms with Gasteiger partial charge in [-0.15, -0.1) is 0 Å². The summed E-state index contributed by atoms with van der Waals surface area (Å²) in [4.78, 5) is 25.8. The van der Waals surface area contributed by atoms with Gasteiger partial charge in [0.1, 0.15) is 5.82 Å². The van der Waals surface area contributed by atoms with Crippen LogP contribution >= 0.6 is 0 Å². The highest BCUT2D eigenvalue weighted by Gasteiger charge is 2.43. The third-order valence-corrected chi connectivity index (χ3v) is 4.02. The van der Waals surface area contributed by atoms with Gasteiger partial charge in [0.15, 0.2) is 0 Å². The van der Waals surface area contributed by atoms with Gasteiger partial charge in [0.2, 0.25) is 6.10 Å². The van der Waals surface area contributed by atoms with Crippen molar-refractivity contribution in [3.05, 3.63) is 78.1 Å². The summed E-state index contributed by atoms with van der Waals surface area (Å²) in [5.74, 6) is -1.05. The maximum Gasteiger partial charge on any atom is 0.422 e. The Labute approximate surface area is 137 Å². The number of nitrogens with zero attached hydrogens (tertiary/aromatic N) is 1. The van der Waals surface area contributed by atoms with E-state index in [2.05, 4.69) is 0 Å². The standard InChI is InChI=1S/C19H12FNO3/c20-13-7-4-8-14(11-13)21-18(22)17(24-19(21)23)16-10-3-6-12-5-1-2-9-15(12)16/h1-11,17H. The SMILES string of the molecule is O=C1OC(c2cccc3ccccc23)C(=O)N1c1cccc(F)c1. The van der Waals surface area contributed by atoms with E-state index in [1.807, 2.05) is 36.4 Å². The van der Waals surface area contributed by atoms with Crippen LogP contribution in [0.3, 0.4) is 0 Å². The molecule has 0 spiro atoms. The molecule has 118 valence electrons. The van der Waals surface area contributed by atoms with Crippen LogP contribution in [-0.2, 0) is 9.53 Å². The summed E-state index contributed by atoms with van der Waals surface area (Å²) in [6.45, 7) is 0. The molecular weight excluding hydrogens is 309 g/mol. The summed E-state index contributed by atoms with van der Waals surface area (Å²) in [5, 5.41) is 1.79. The molecule has 1 heterocycles. The average Bonchev–Trinajstić information content (AvgIpc) is 2.89. The number of benzene rings is 3. The predicted molar refractivity (Wildman–Crippen MR) is 87.1 cm³/mol. The van der Waals surface area contributed by atoms with E-state index < -0.39 is 23.9 Å². The van der Waals surface area contributed by atoms with Gasteiger partial charge in [-0.1, -0.05) is 48.5 Å². The van der Waals surface area contributed by atoms with Crippen molar-refractivity contribution in [1.82, 2.24) is 0 Å². The lowest BCUT2D eigenvalue weighted by atomic mass is 10.00. The van der Waals surface area contributed by atoms with Crippen molar-refractivity contribution in [3.63, 3.8) is 0 Å². The Morgan fingerprint density at radius 3 is 2.50 bits per heavy atom. The van der Waals surface area contributed by atoms with Crippen molar-refractivity contribution >= 4 is 28.5 Å². The maximum absolute atomic E-state index is 13.4. The van der Waals surface area contributed by atoms with Crippen LogP contribution in [-0.4, -0.2) is 12.0 Å². The third-order valence-electron chi connectivity index (χ3n) is 4.02. The predicted octanol–water partition coefficient (Wildman–Crippen LogP) is 4.20. The molecule has 1 atom stereocenters. The lowest BCUT2D eigenvalue weighted by Crippen LogP contribution is -2.29. The smallest absolute Gasteiger partial charge is 0.422 e. The first-order valence-corrected chi connectivity index (χ1v) is 7.43. The molecule has 24 heavy (non-hydrogen) atoms. The van der Waals surface area contributed by atoms with Gasteiger partial charge in [0.25, 0.3) is 5.91 Å². The molecule has 1 fully saturated rings. The zero-order chi connectivity index (χ0) is 16.7. The molecule has 0 saturated carbocycles. The van der Waals surface area contributed by atoms with Crippen LogP contribution in [0.2, 0.25) is 0 Å². The van der Waals surface area contributed by atoms with Gasteiger partial charge in [-0.3, -0.25) is 4.79 Å². The molecule has 3 aromatic rings. The van der Waals surface area contributed by atoms with Crippen LogP contribution in [0.25, 0.3) is 10.8 Å². The number of halogens is 1. The summed E-state index contributed by atoms with van der Waals surface area (Å²) in [5.41, 5.74) is 0.776. The van der Waals surface area contributed by atoms with Crippen molar-refractivity contribution in [3.8, 4) is 0 Å². The monoisotopic (exact) mass is 321 g/mol. The number of amides is 2. The van der Waals surface area contributed by atoms with Crippen molar-refractivity contribution in [2.45, 2.75) is 6.10 Å². The summed E-state index contributed by atoms with van der Waals surface area (Å²) in [6.07, 6.45) is -1.84. The second kappa shape index (κ2) is 5.45. The fourth-order valence-electron chi connectivity index (χ4n) is 2.93. The minimum absolute atomic E-state index is 0.160. The number of anilines is 1. The number of imide groups is 1. The Balaban J connectivity index is 1.78. The summed E-state index contributed by atoms with van der Waals surface area (Å²) < 4.78 is 18.7. The fourth-order valence-corrected chi connectivity index (χ4v) is 2.93.